The first-order valence-electron chi connectivity index (χ1n) is 9.63. The summed E-state index contributed by atoms with van der Waals surface area (Å²) >= 11 is 14.5. The van der Waals surface area contributed by atoms with Gasteiger partial charge in [-0.1, -0.05) is 36.2 Å². The highest BCUT2D eigenvalue weighted by Crippen LogP contribution is 2.23. The van der Waals surface area contributed by atoms with Gasteiger partial charge in [0.2, 0.25) is 5.91 Å². The quantitative estimate of drug-likeness (QED) is 0.421. The summed E-state index contributed by atoms with van der Waals surface area (Å²) in [6.45, 7) is 5.59. The number of nitrogens with one attached hydrogen (secondary N) is 1. The summed E-state index contributed by atoms with van der Waals surface area (Å²) in [5.74, 6) is 0.0494. The molecule has 0 aliphatic carbocycles. The zero-order chi connectivity index (χ0) is 22.3. The van der Waals surface area contributed by atoms with E-state index >= 15 is 0 Å². The van der Waals surface area contributed by atoms with Crippen LogP contribution >= 0.6 is 45.8 Å². The Kier molecular flexibility index (Phi) is 9.71. The van der Waals surface area contributed by atoms with Gasteiger partial charge < -0.3 is 15.0 Å². The third kappa shape index (κ3) is 7.32. The molecule has 0 bridgehead atoms. The number of nitrogens with zero attached hydrogens (tertiary/aromatic N) is 1. The Labute approximate surface area is 201 Å². The zero-order valence-electron chi connectivity index (χ0n) is 17.1. The highest BCUT2D eigenvalue weighted by molar-refractivity contribution is 14.1. The van der Waals surface area contributed by atoms with Crippen molar-refractivity contribution in [3.05, 3.63) is 61.6 Å². The molecule has 2 amide bonds. The molecular formula is C22H25Cl2IN2O3. The number of rotatable bonds is 9. The SMILES string of the molecule is CC[C@@H](C)NC(=O)[C@H](C)N(Cc1ccc(Cl)cc1Cl)C(=O)COc1ccc(I)cc1. The Morgan fingerprint density at radius 2 is 1.80 bits per heavy atom. The maximum atomic E-state index is 13.0. The van der Waals surface area contributed by atoms with Crippen molar-refractivity contribution < 1.29 is 14.3 Å². The number of carbonyl (C=O) groups excluding carboxylic acids is 2. The lowest BCUT2D eigenvalue weighted by atomic mass is 10.1. The number of hydrogen-bond donors (Lipinski definition) is 1. The Bertz CT molecular complexity index is 877. The number of hydrogen-bond acceptors (Lipinski definition) is 3. The summed E-state index contributed by atoms with van der Waals surface area (Å²) in [5, 5.41) is 3.87. The first-order valence-corrected chi connectivity index (χ1v) is 11.5. The lowest BCUT2D eigenvalue weighted by Crippen LogP contribution is -2.50. The molecule has 0 aliphatic heterocycles. The number of amides is 2. The van der Waals surface area contributed by atoms with Gasteiger partial charge in [0.25, 0.3) is 5.91 Å². The van der Waals surface area contributed by atoms with Gasteiger partial charge >= 0.3 is 0 Å². The molecule has 0 saturated heterocycles. The van der Waals surface area contributed by atoms with E-state index in [0.717, 1.165) is 9.99 Å². The average molecular weight is 563 g/mol. The predicted molar refractivity (Wildman–Crippen MR) is 129 cm³/mol. The van der Waals surface area contributed by atoms with Gasteiger partial charge in [-0.25, -0.2) is 0 Å². The van der Waals surface area contributed by atoms with E-state index in [1.165, 1.54) is 4.90 Å². The summed E-state index contributed by atoms with van der Waals surface area (Å²) in [6.07, 6.45) is 0.797. The lowest BCUT2D eigenvalue weighted by molar-refractivity contribution is -0.142. The minimum atomic E-state index is -0.696. The van der Waals surface area contributed by atoms with E-state index in [1.807, 2.05) is 26.0 Å². The van der Waals surface area contributed by atoms with Gasteiger partial charge in [0.05, 0.1) is 0 Å². The van der Waals surface area contributed by atoms with Crippen LogP contribution in [0.1, 0.15) is 32.8 Å². The van der Waals surface area contributed by atoms with E-state index in [9.17, 15) is 9.59 Å². The van der Waals surface area contributed by atoms with Crippen molar-refractivity contribution in [2.45, 2.75) is 45.8 Å². The monoisotopic (exact) mass is 562 g/mol. The van der Waals surface area contributed by atoms with Gasteiger partial charge in [0, 0.05) is 26.2 Å². The van der Waals surface area contributed by atoms with Gasteiger partial charge in [-0.2, -0.15) is 0 Å². The second kappa shape index (κ2) is 11.8. The molecule has 0 heterocycles. The van der Waals surface area contributed by atoms with Crippen LogP contribution in [0.25, 0.3) is 0 Å². The van der Waals surface area contributed by atoms with Crippen LogP contribution in [0.2, 0.25) is 10.0 Å². The fraction of sp³-hybridized carbons (Fsp3) is 0.364. The van der Waals surface area contributed by atoms with Crippen LogP contribution in [-0.2, 0) is 16.1 Å². The lowest BCUT2D eigenvalue weighted by Gasteiger charge is -2.30. The molecule has 2 rings (SSSR count). The van der Waals surface area contributed by atoms with Gasteiger partial charge in [0.15, 0.2) is 6.61 Å². The minimum Gasteiger partial charge on any atom is -0.484 e. The van der Waals surface area contributed by atoms with Crippen molar-refractivity contribution in [2.75, 3.05) is 6.61 Å². The van der Waals surface area contributed by atoms with E-state index in [1.54, 1.807) is 37.3 Å². The van der Waals surface area contributed by atoms with Gasteiger partial charge in [-0.05, 0) is 84.8 Å². The van der Waals surface area contributed by atoms with Crippen molar-refractivity contribution in [1.82, 2.24) is 10.2 Å². The third-order valence-electron chi connectivity index (χ3n) is 4.70. The molecule has 5 nitrogen and oxygen atoms in total. The number of benzene rings is 2. The molecule has 0 spiro atoms. The summed E-state index contributed by atoms with van der Waals surface area (Å²) in [7, 11) is 0. The van der Waals surface area contributed by atoms with Crippen LogP contribution in [0, 0.1) is 3.57 Å². The molecule has 8 heteroatoms. The summed E-state index contributed by atoms with van der Waals surface area (Å²) in [5.41, 5.74) is 0.701. The molecule has 2 aromatic rings. The topological polar surface area (TPSA) is 58.6 Å². The first-order chi connectivity index (χ1) is 14.2. The van der Waals surface area contributed by atoms with Crippen molar-refractivity contribution in [1.29, 1.82) is 0 Å². The van der Waals surface area contributed by atoms with Crippen LogP contribution in [0.5, 0.6) is 5.75 Å². The van der Waals surface area contributed by atoms with Crippen LogP contribution in [-0.4, -0.2) is 35.4 Å². The van der Waals surface area contributed by atoms with Crippen LogP contribution in [0.4, 0.5) is 0 Å². The van der Waals surface area contributed by atoms with Crippen molar-refractivity contribution in [3.8, 4) is 5.75 Å². The van der Waals surface area contributed by atoms with Gasteiger partial charge in [-0.3, -0.25) is 9.59 Å². The van der Waals surface area contributed by atoms with Crippen molar-refractivity contribution in [2.24, 2.45) is 0 Å². The molecule has 1 N–H and O–H groups in total. The highest BCUT2D eigenvalue weighted by atomic mass is 127. The van der Waals surface area contributed by atoms with E-state index in [4.69, 9.17) is 27.9 Å². The van der Waals surface area contributed by atoms with E-state index in [0.29, 0.717) is 21.4 Å². The third-order valence-corrected chi connectivity index (χ3v) is 6.01. The molecule has 0 aliphatic rings. The standard InChI is InChI=1S/C22H25Cl2IN2O3/c1-4-14(2)26-22(29)15(3)27(12-16-5-6-17(23)11-20(16)24)21(28)13-30-19-9-7-18(25)8-10-19/h5-11,14-15H,4,12-13H2,1-3H3,(H,26,29)/t14-,15+/m1/s1. The molecule has 0 saturated carbocycles. The van der Waals surface area contributed by atoms with E-state index < -0.39 is 6.04 Å². The maximum absolute atomic E-state index is 13.0. The summed E-state index contributed by atoms with van der Waals surface area (Å²) in [4.78, 5) is 27.2. The number of carbonyl (C=O) groups is 2. The average Bonchev–Trinajstić information content (AvgIpc) is 2.72. The van der Waals surface area contributed by atoms with Crippen molar-refractivity contribution >= 4 is 57.6 Å². The molecule has 2 aromatic carbocycles. The molecule has 30 heavy (non-hydrogen) atoms. The second-order valence-electron chi connectivity index (χ2n) is 6.99. The zero-order valence-corrected chi connectivity index (χ0v) is 20.8. The van der Waals surface area contributed by atoms with Crippen LogP contribution < -0.4 is 10.1 Å². The smallest absolute Gasteiger partial charge is 0.261 e. The van der Waals surface area contributed by atoms with Crippen LogP contribution in [0.3, 0.4) is 0 Å². The number of ether oxygens (including phenoxy) is 1. The Morgan fingerprint density at radius 3 is 2.40 bits per heavy atom. The molecule has 0 fully saturated rings. The highest BCUT2D eigenvalue weighted by Gasteiger charge is 2.27. The summed E-state index contributed by atoms with van der Waals surface area (Å²) < 4.78 is 6.71. The maximum Gasteiger partial charge on any atom is 0.261 e. The van der Waals surface area contributed by atoms with Crippen molar-refractivity contribution in [3.63, 3.8) is 0 Å². The second-order valence-corrected chi connectivity index (χ2v) is 9.08. The van der Waals surface area contributed by atoms with Gasteiger partial charge in [-0.15, -0.1) is 0 Å². The molecule has 2 atom stereocenters. The largest absolute Gasteiger partial charge is 0.484 e. The molecule has 0 aromatic heterocycles. The first kappa shape index (κ1) is 24.8. The fourth-order valence-corrected chi connectivity index (χ4v) is 3.47. The molecule has 0 radical (unpaired) electrons. The van der Waals surface area contributed by atoms with E-state index in [-0.39, 0.29) is 31.0 Å². The predicted octanol–water partition coefficient (Wildman–Crippen LogP) is 5.31. The fourth-order valence-electron chi connectivity index (χ4n) is 2.64. The van der Waals surface area contributed by atoms with Gasteiger partial charge in [0.1, 0.15) is 11.8 Å². The Hall–Kier alpha value is -1.51. The molecule has 162 valence electrons. The summed E-state index contributed by atoms with van der Waals surface area (Å²) in [6, 6.07) is 11.8. The minimum absolute atomic E-state index is 0.0130. The van der Waals surface area contributed by atoms with Crippen LogP contribution in [0.15, 0.2) is 42.5 Å². The number of halogens is 3. The molecule has 0 unspecified atom stereocenters. The Morgan fingerprint density at radius 1 is 1.13 bits per heavy atom. The van der Waals surface area contributed by atoms with E-state index in [2.05, 4.69) is 27.9 Å². The normalized spacial score (nSPS) is 12.7. The molecular weight excluding hydrogens is 538 g/mol. The Balaban J connectivity index is 2.18.